The number of nitrogens with zero attached hydrogens (tertiary/aromatic N) is 1. The number of amides is 2. The minimum absolute atomic E-state index is 0.198. The van der Waals surface area contributed by atoms with E-state index in [1.165, 1.54) is 25.7 Å². The molecule has 0 bridgehead atoms. The average molecular weight is 223 g/mol. The lowest BCUT2D eigenvalue weighted by atomic mass is 9.89. The van der Waals surface area contributed by atoms with Crippen LogP contribution in [0.3, 0.4) is 0 Å². The first kappa shape index (κ1) is 10.4. The third-order valence-electron chi connectivity index (χ3n) is 4.33. The molecule has 4 nitrogen and oxygen atoms in total. The van der Waals surface area contributed by atoms with Crippen LogP contribution in [0.2, 0.25) is 0 Å². The number of carbonyl (C=O) groups is 1. The summed E-state index contributed by atoms with van der Waals surface area (Å²) >= 11 is 0. The van der Waals surface area contributed by atoms with Crippen LogP contribution in [0.25, 0.3) is 0 Å². The predicted molar refractivity (Wildman–Crippen MR) is 62.3 cm³/mol. The van der Waals surface area contributed by atoms with Gasteiger partial charge in [-0.25, -0.2) is 4.79 Å². The number of rotatable bonds is 1. The first-order chi connectivity index (χ1) is 7.86. The predicted octanol–water partition coefficient (Wildman–Crippen LogP) is 1.07. The summed E-state index contributed by atoms with van der Waals surface area (Å²) in [7, 11) is 0. The maximum atomic E-state index is 12.0. The molecule has 2 amide bonds. The largest absolute Gasteiger partial charge is 0.333 e. The topological polar surface area (TPSA) is 44.4 Å². The smallest absolute Gasteiger partial charge is 0.318 e. The molecule has 3 rings (SSSR count). The van der Waals surface area contributed by atoms with Gasteiger partial charge in [-0.3, -0.25) is 0 Å². The Balaban J connectivity index is 1.74. The van der Waals surface area contributed by atoms with Gasteiger partial charge >= 0.3 is 6.03 Å². The molecule has 0 spiro atoms. The third-order valence-corrected chi connectivity index (χ3v) is 4.33. The van der Waals surface area contributed by atoms with Crippen LogP contribution in [0, 0.1) is 0 Å². The Morgan fingerprint density at radius 2 is 1.81 bits per heavy atom. The second kappa shape index (κ2) is 4.24. The van der Waals surface area contributed by atoms with Crippen molar-refractivity contribution >= 4 is 6.03 Å². The number of urea groups is 1. The maximum Gasteiger partial charge on any atom is 0.318 e. The molecule has 0 aromatic carbocycles. The Morgan fingerprint density at radius 1 is 1.06 bits per heavy atom. The van der Waals surface area contributed by atoms with Crippen molar-refractivity contribution in [2.45, 2.75) is 56.7 Å². The highest BCUT2D eigenvalue weighted by atomic mass is 16.2. The summed E-state index contributed by atoms with van der Waals surface area (Å²) in [5.41, 5.74) is 0. The number of piperidine rings is 1. The van der Waals surface area contributed by atoms with E-state index in [-0.39, 0.29) is 6.03 Å². The number of hydrogen-bond acceptors (Lipinski definition) is 2. The van der Waals surface area contributed by atoms with Crippen LogP contribution in [0.1, 0.15) is 38.5 Å². The first-order valence-electron chi connectivity index (χ1n) is 6.66. The molecule has 0 radical (unpaired) electrons. The first-order valence-corrected chi connectivity index (χ1v) is 6.66. The van der Waals surface area contributed by atoms with Crippen LogP contribution < -0.4 is 10.6 Å². The normalized spacial score (nSPS) is 36.0. The number of nitrogens with one attached hydrogen (secondary N) is 2. The van der Waals surface area contributed by atoms with Gasteiger partial charge < -0.3 is 15.5 Å². The lowest BCUT2D eigenvalue weighted by molar-refractivity contribution is 0.138. The van der Waals surface area contributed by atoms with Crippen LogP contribution in [0.5, 0.6) is 0 Å². The van der Waals surface area contributed by atoms with Crippen LogP contribution in [-0.4, -0.2) is 42.1 Å². The summed E-state index contributed by atoms with van der Waals surface area (Å²) in [5.74, 6) is 0. The molecule has 3 aliphatic rings. The molecule has 2 aliphatic heterocycles. The van der Waals surface area contributed by atoms with E-state index in [9.17, 15) is 4.79 Å². The Hall–Kier alpha value is -0.770. The molecule has 0 aromatic heterocycles. The van der Waals surface area contributed by atoms with Gasteiger partial charge in [0.2, 0.25) is 0 Å². The third kappa shape index (κ3) is 1.69. The number of fused-ring (bicyclic) bond motifs is 1. The number of hydrogen-bond donors (Lipinski definition) is 2. The summed E-state index contributed by atoms with van der Waals surface area (Å²) in [6.07, 6.45) is 7.19. The summed E-state index contributed by atoms with van der Waals surface area (Å²) in [6.45, 7) is 2.12. The molecule has 0 aromatic rings. The molecule has 1 saturated carbocycles. The molecule has 16 heavy (non-hydrogen) atoms. The Bertz CT molecular complexity index is 275. The number of carbonyl (C=O) groups excluding carboxylic acids is 1. The lowest BCUT2D eigenvalue weighted by Crippen LogP contribution is -2.49. The Labute approximate surface area is 96.8 Å². The minimum Gasteiger partial charge on any atom is -0.333 e. The molecule has 4 heteroatoms. The summed E-state index contributed by atoms with van der Waals surface area (Å²) in [5, 5.41) is 6.54. The van der Waals surface area contributed by atoms with Crippen molar-refractivity contribution in [3.63, 3.8) is 0 Å². The van der Waals surface area contributed by atoms with E-state index in [1.54, 1.807) is 0 Å². The fourth-order valence-corrected chi connectivity index (χ4v) is 3.52. The van der Waals surface area contributed by atoms with E-state index in [1.807, 2.05) is 0 Å². The summed E-state index contributed by atoms with van der Waals surface area (Å²) in [4.78, 5) is 14.2. The van der Waals surface area contributed by atoms with Crippen molar-refractivity contribution in [1.29, 1.82) is 0 Å². The molecule has 90 valence electrons. The molecule has 1 aliphatic carbocycles. The van der Waals surface area contributed by atoms with Gasteiger partial charge in [-0.05, 0) is 38.8 Å². The van der Waals surface area contributed by atoms with Crippen LogP contribution >= 0.6 is 0 Å². The molecular weight excluding hydrogens is 202 g/mol. The van der Waals surface area contributed by atoms with Gasteiger partial charge in [-0.1, -0.05) is 12.8 Å². The van der Waals surface area contributed by atoms with Crippen molar-refractivity contribution < 1.29 is 4.79 Å². The van der Waals surface area contributed by atoms with Gasteiger partial charge in [0, 0.05) is 6.04 Å². The minimum atomic E-state index is 0.198. The zero-order chi connectivity index (χ0) is 11.0. The molecular formula is C12H21N3O. The molecule has 2 heterocycles. The summed E-state index contributed by atoms with van der Waals surface area (Å²) in [6, 6.07) is 1.61. The molecule has 1 unspecified atom stereocenters. The van der Waals surface area contributed by atoms with E-state index in [4.69, 9.17) is 0 Å². The second-order valence-corrected chi connectivity index (χ2v) is 5.30. The Kier molecular flexibility index (Phi) is 2.75. The monoisotopic (exact) mass is 223 g/mol. The fraction of sp³-hybridized carbons (Fsp3) is 0.917. The van der Waals surface area contributed by atoms with Crippen molar-refractivity contribution in [3.05, 3.63) is 0 Å². The van der Waals surface area contributed by atoms with Gasteiger partial charge in [-0.15, -0.1) is 0 Å². The highest BCUT2D eigenvalue weighted by molar-refractivity contribution is 5.78. The average Bonchev–Trinajstić information content (AvgIpc) is 2.66. The zero-order valence-electron chi connectivity index (χ0n) is 9.74. The van der Waals surface area contributed by atoms with E-state index < -0.39 is 0 Å². The Morgan fingerprint density at radius 3 is 2.62 bits per heavy atom. The van der Waals surface area contributed by atoms with Gasteiger partial charge in [0.1, 0.15) is 0 Å². The van der Waals surface area contributed by atoms with Gasteiger partial charge in [-0.2, -0.15) is 0 Å². The van der Waals surface area contributed by atoms with Gasteiger partial charge in [0.15, 0.2) is 0 Å². The van der Waals surface area contributed by atoms with Crippen molar-refractivity contribution in [1.82, 2.24) is 15.5 Å². The molecule has 2 saturated heterocycles. The van der Waals surface area contributed by atoms with Gasteiger partial charge in [0.25, 0.3) is 0 Å². The van der Waals surface area contributed by atoms with Crippen LogP contribution in [0.4, 0.5) is 4.79 Å². The maximum absolute atomic E-state index is 12.0. The quantitative estimate of drug-likeness (QED) is 0.698. The standard InChI is InChI=1S/C12H21N3O/c16-12-14-10-3-1-2-4-11(10)15(12)9-5-7-13-8-6-9/h9-11,13H,1-8H2,(H,14,16)/t10?,11-/m1/s1. The lowest BCUT2D eigenvalue weighted by Gasteiger charge is -2.37. The zero-order valence-corrected chi connectivity index (χ0v) is 9.74. The highest BCUT2D eigenvalue weighted by Gasteiger charge is 2.43. The van der Waals surface area contributed by atoms with Crippen molar-refractivity contribution in [2.75, 3.05) is 13.1 Å². The van der Waals surface area contributed by atoms with Crippen LogP contribution in [-0.2, 0) is 0 Å². The SMILES string of the molecule is O=C1NC2CCCC[C@H]2N1C1CCNCC1. The van der Waals surface area contributed by atoms with Crippen molar-refractivity contribution in [2.24, 2.45) is 0 Å². The molecule has 2 N–H and O–H groups in total. The highest BCUT2D eigenvalue weighted by Crippen LogP contribution is 2.31. The molecule has 3 fully saturated rings. The summed E-state index contributed by atoms with van der Waals surface area (Å²) < 4.78 is 0. The second-order valence-electron chi connectivity index (χ2n) is 5.30. The van der Waals surface area contributed by atoms with E-state index in [0.29, 0.717) is 18.1 Å². The molecule has 2 atom stereocenters. The van der Waals surface area contributed by atoms with Crippen LogP contribution in [0.15, 0.2) is 0 Å². The fourth-order valence-electron chi connectivity index (χ4n) is 3.52. The van der Waals surface area contributed by atoms with Gasteiger partial charge in [0.05, 0.1) is 12.1 Å². The van der Waals surface area contributed by atoms with Crippen molar-refractivity contribution in [3.8, 4) is 0 Å². The van der Waals surface area contributed by atoms with E-state index in [0.717, 1.165) is 25.9 Å². The van der Waals surface area contributed by atoms with E-state index in [2.05, 4.69) is 15.5 Å². The van der Waals surface area contributed by atoms with E-state index >= 15 is 0 Å².